The van der Waals surface area contributed by atoms with E-state index in [1.807, 2.05) is 12.1 Å². The molecule has 1 aliphatic rings. The van der Waals surface area contributed by atoms with E-state index in [-0.39, 0.29) is 5.83 Å². The van der Waals surface area contributed by atoms with Gasteiger partial charge < -0.3 is 4.40 Å². The van der Waals surface area contributed by atoms with Crippen LogP contribution in [0.1, 0.15) is 24.2 Å². The quantitative estimate of drug-likeness (QED) is 0.828. The molecule has 5 heteroatoms. The van der Waals surface area contributed by atoms with Crippen LogP contribution in [0, 0.1) is 11.3 Å². The third-order valence-electron chi connectivity index (χ3n) is 3.10. The lowest BCUT2D eigenvalue weighted by molar-refractivity contribution is 0.627. The van der Waals surface area contributed by atoms with E-state index in [4.69, 9.17) is 5.26 Å². The summed E-state index contributed by atoms with van der Waals surface area (Å²) in [5.41, 5.74) is 2.22. The molecule has 0 unspecified atom stereocenters. The predicted octanol–water partition coefficient (Wildman–Crippen LogP) is 2.72. The highest BCUT2D eigenvalue weighted by molar-refractivity contribution is 5.49. The van der Waals surface area contributed by atoms with Crippen molar-refractivity contribution in [2.24, 2.45) is 0 Å². The van der Waals surface area contributed by atoms with Crippen LogP contribution in [0.5, 0.6) is 0 Å². The number of rotatable bonds is 2. The summed E-state index contributed by atoms with van der Waals surface area (Å²) in [5.74, 6) is -0.194. The molecule has 2 heterocycles. The van der Waals surface area contributed by atoms with E-state index in [0.29, 0.717) is 29.0 Å². The van der Waals surface area contributed by atoms with Crippen LogP contribution >= 0.6 is 0 Å². The molecule has 2 aromatic rings. The van der Waals surface area contributed by atoms with Gasteiger partial charge in [-0.05, 0) is 24.5 Å². The van der Waals surface area contributed by atoms with E-state index in [2.05, 4.69) is 9.97 Å². The Bertz CT molecular complexity index is 733. The van der Waals surface area contributed by atoms with Crippen LogP contribution in [0.15, 0.2) is 42.1 Å². The third-order valence-corrected chi connectivity index (χ3v) is 3.10. The van der Waals surface area contributed by atoms with Crippen molar-refractivity contribution in [2.75, 3.05) is 0 Å². The fourth-order valence-electron chi connectivity index (χ4n) is 2.20. The summed E-state index contributed by atoms with van der Waals surface area (Å²) in [6.45, 7) is 0. The highest BCUT2D eigenvalue weighted by Gasteiger charge is 2.14. The summed E-state index contributed by atoms with van der Waals surface area (Å²) < 4.78 is 15.5. The van der Waals surface area contributed by atoms with Crippen LogP contribution in [0.2, 0.25) is 0 Å². The van der Waals surface area contributed by atoms with Gasteiger partial charge in [-0.3, -0.25) is 0 Å². The highest BCUT2D eigenvalue weighted by Crippen LogP contribution is 2.24. The lowest BCUT2D eigenvalue weighted by Gasteiger charge is -2.10. The Hall–Kier alpha value is -2.48. The number of fused-ring (bicyclic) bond motifs is 1. The van der Waals surface area contributed by atoms with Gasteiger partial charge >= 0.3 is 0 Å². The Morgan fingerprint density at radius 1 is 1.37 bits per heavy atom. The molecular formula is C14H11FN4. The van der Waals surface area contributed by atoms with Crippen molar-refractivity contribution in [3.05, 3.63) is 53.5 Å². The topological polar surface area (TPSA) is 54.0 Å². The fourth-order valence-corrected chi connectivity index (χ4v) is 2.20. The smallest absolute Gasteiger partial charge is 0.158 e. The second kappa shape index (κ2) is 4.65. The predicted molar refractivity (Wildman–Crippen MR) is 67.9 cm³/mol. The Morgan fingerprint density at radius 2 is 2.21 bits per heavy atom. The maximum absolute atomic E-state index is 13.7. The van der Waals surface area contributed by atoms with Crippen LogP contribution < -0.4 is 0 Å². The van der Waals surface area contributed by atoms with Crippen molar-refractivity contribution in [1.29, 1.82) is 5.26 Å². The van der Waals surface area contributed by atoms with E-state index >= 15 is 0 Å². The average molecular weight is 254 g/mol. The summed E-state index contributed by atoms with van der Waals surface area (Å²) >= 11 is 0. The van der Waals surface area contributed by atoms with Crippen molar-refractivity contribution in [3.8, 4) is 6.07 Å². The first-order valence-electron chi connectivity index (χ1n) is 6.05. The number of hydrogen-bond acceptors (Lipinski definition) is 3. The van der Waals surface area contributed by atoms with Gasteiger partial charge in [0.2, 0.25) is 0 Å². The minimum absolute atomic E-state index is 0.194. The summed E-state index contributed by atoms with van der Waals surface area (Å²) in [4.78, 5) is 8.45. The van der Waals surface area contributed by atoms with Gasteiger partial charge in [-0.15, -0.1) is 0 Å². The van der Waals surface area contributed by atoms with Crippen molar-refractivity contribution in [2.45, 2.75) is 19.3 Å². The molecule has 0 aliphatic heterocycles. The SMILES string of the molecule is N#Cc1cn2ccnc2c(CC2=CCCC=C2F)n1. The lowest BCUT2D eigenvalue weighted by atomic mass is 10.0. The molecule has 19 heavy (non-hydrogen) atoms. The second-order valence-corrected chi connectivity index (χ2v) is 4.38. The Kier molecular flexibility index (Phi) is 2.84. The normalized spacial score (nSPS) is 14.9. The van der Waals surface area contributed by atoms with Gasteiger partial charge in [-0.2, -0.15) is 5.26 Å². The van der Waals surface area contributed by atoms with Crippen LogP contribution in [-0.4, -0.2) is 14.4 Å². The van der Waals surface area contributed by atoms with Gasteiger partial charge in [0.15, 0.2) is 11.3 Å². The molecule has 0 N–H and O–H groups in total. The molecular weight excluding hydrogens is 243 g/mol. The second-order valence-electron chi connectivity index (χ2n) is 4.38. The number of hydrogen-bond donors (Lipinski definition) is 0. The Morgan fingerprint density at radius 3 is 3.00 bits per heavy atom. The zero-order valence-corrected chi connectivity index (χ0v) is 10.2. The van der Waals surface area contributed by atoms with Gasteiger partial charge in [-0.1, -0.05) is 6.08 Å². The molecule has 1 aliphatic carbocycles. The molecule has 0 spiro atoms. The zero-order chi connectivity index (χ0) is 13.2. The number of allylic oxidation sites excluding steroid dienone is 4. The molecule has 94 valence electrons. The van der Waals surface area contributed by atoms with Crippen LogP contribution in [0.25, 0.3) is 5.65 Å². The van der Waals surface area contributed by atoms with Gasteiger partial charge in [0.25, 0.3) is 0 Å². The first kappa shape index (κ1) is 11.6. The molecule has 0 aromatic carbocycles. The number of nitrogens with zero attached hydrogens (tertiary/aromatic N) is 4. The molecule has 0 saturated carbocycles. The molecule has 0 amide bonds. The van der Waals surface area contributed by atoms with E-state index in [0.717, 1.165) is 12.8 Å². The fraction of sp³-hybridized carbons (Fsp3) is 0.214. The minimum atomic E-state index is -0.194. The van der Waals surface area contributed by atoms with Crippen LogP contribution in [0.4, 0.5) is 4.39 Å². The molecule has 0 radical (unpaired) electrons. The maximum atomic E-state index is 13.7. The zero-order valence-electron chi connectivity index (χ0n) is 10.2. The number of nitriles is 1. The van der Waals surface area contributed by atoms with E-state index < -0.39 is 0 Å². The highest BCUT2D eigenvalue weighted by atomic mass is 19.1. The number of halogens is 1. The summed E-state index contributed by atoms with van der Waals surface area (Å²) in [6, 6.07) is 2.01. The number of imidazole rings is 1. The van der Waals surface area contributed by atoms with Crippen molar-refractivity contribution in [3.63, 3.8) is 0 Å². The Labute approximate surface area is 109 Å². The first-order valence-corrected chi connectivity index (χ1v) is 6.05. The van der Waals surface area contributed by atoms with Crippen molar-refractivity contribution < 1.29 is 4.39 Å². The molecule has 2 aromatic heterocycles. The summed E-state index contributed by atoms with van der Waals surface area (Å²) in [6.07, 6.45) is 10.4. The van der Waals surface area contributed by atoms with Gasteiger partial charge in [0, 0.05) is 25.0 Å². The first-order chi connectivity index (χ1) is 9.28. The van der Waals surface area contributed by atoms with Crippen molar-refractivity contribution in [1.82, 2.24) is 14.4 Å². The molecule has 3 rings (SSSR count). The molecule has 4 nitrogen and oxygen atoms in total. The van der Waals surface area contributed by atoms with Crippen LogP contribution in [0.3, 0.4) is 0 Å². The maximum Gasteiger partial charge on any atom is 0.158 e. The summed E-state index contributed by atoms with van der Waals surface area (Å²) in [7, 11) is 0. The van der Waals surface area contributed by atoms with Gasteiger partial charge in [0.05, 0.1) is 5.69 Å². The monoisotopic (exact) mass is 254 g/mol. The molecule has 0 atom stereocenters. The van der Waals surface area contributed by atoms with Crippen LogP contribution in [-0.2, 0) is 6.42 Å². The largest absolute Gasteiger partial charge is 0.303 e. The van der Waals surface area contributed by atoms with Gasteiger partial charge in [0.1, 0.15) is 11.9 Å². The minimum Gasteiger partial charge on any atom is -0.303 e. The molecule has 0 fully saturated rings. The summed E-state index contributed by atoms with van der Waals surface area (Å²) in [5, 5.41) is 8.97. The average Bonchev–Trinajstić information content (AvgIpc) is 2.89. The molecule has 0 bridgehead atoms. The van der Waals surface area contributed by atoms with Gasteiger partial charge in [-0.25, -0.2) is 14.4 Å². The number of aromatic nitrogens is 3. The Balaban J connectivity index is 2.05. The van der Waals surface area contributed by atoms with Crippen molar-refractivity contribution >= 4 is 5.65 Å². The standard InChI is InChI=1S/C14H11FN4/c15-12-4-2-1-3-10(12)7-13-14-17-5-6-19(14)9-11(8-16)18-13/h3-6,9H,1-2,7H2. The molecule has 0 saturated heterocycles. The van der Waals surface area contributed by atoms with E-state index in [9.17, 15) is 4.39 Å². The lowest BCUT2D eigenvalue weighted by Crippen LogP contribution is -2.03. The third kappa shape index (κ3) is 2.13. The van der Waals surface area contributed by atoms with E-state index in [1.165, 1.54) is 0 Å². The van der Waals surface area contributed by atoms with E-state index in [1.54, 1.807) is 29.1 Å².